The average molecular weight is 360 g/mol. The van der Waals surface area contributed by atoms with Gasteiger partial charge in [-0.1, -0.05) is 24.3 Å². The Hall–Kier alpha value is -2.72. The number of fused-ring (bicyclic) bond motifs is 1. The van der Waals surface area contributed by atoms with Crippen LogP contribution in [-0.4, -0.2) is 15.1 Å². The molecule has 130 valence electrons. The molecule has 0 radical (unpaired) electrons. The lowest BCUT2D eigenvalue weighted by atomic mass is 9.90. The molecule has 1 N–H and O–H groups in total. The van der Waals surface area contributed by atoms with Crippen LogP contribution in [0.25, 0.3) is 10.9 Å². The molecule has 0 saturated heterocycles. The van der Waals surface area contributed by atoms with Gasteiger partial charge in [-0.15, -0.1) is 11.3 Å². The summed E-state index contributed by atoms with van der Waals surface area (Å²) in [6.07, 6.45) is 2.56. The van der Waals surface area contributed by atoms with E-state index in [4.69, 9.17) is 0 Å². The standard InChI is InChI=1S/C22H20N2OS/c1-14-6-8-16-9-10-18(22(25)21(16)24-14)19(20-11-7-15(2)26-20)13-17-5-3-4-12-23-17/h3-12,19,25H,13H2,1-2H3. The normalized spacial score (nSPS) is 12.4. The predicted molar refractivity (Wildman–Crippen MR) is 107 cm³/mol. The molecule has 1 aromatic carbocycles. The van der Waals surface area contributed by atoms with Crippen LogP contribution in [0.1, 0.15) is 32.6 Å². The predicted octanol–water partition coefficient (Wildman–Crippen LogP) is 5.39. The number of hydrogen-bond acceptors (Lipinski definition) is 4. The summed E-state index contributed by atoms with van der Waals surface area (Å²) in [7, 11) is 0. The summed E-state index contributed by atoms with van der Waals surface area (Å²) in [5.74, 6) is 0.327. The Labute approximate surface area is 157 Å². The van der Waals surface area contributed by atoms with E-state index < -0.39 is 0 Å². The molecule has 0 aliphatic rings. The number of thiophene rings is 1. The first-order chi connectivity index (χ1) is 12.6. The highest BCUT2D eigenvalue weighted by atomic mass is 32.1. The minimum absolute atomic E-state index is 0.0512. The van der Waals surface area contributed by atoms with E-state index in [9.17, 15) is 5.11 Å². The third kappa shape index (κ3) is 3.20. The van der Waals surface area contributed by atoms with E-state index in [1.54, 1.807) is 11.3 Å². The molecule has 0 amide bonds. The van der Waals surface area contributed by atoms with E-state index in [1.165, 1.54) is 9.75 Å². The fraction of sp³-hybridized carbons (Fsp3) is 0.182. The van der Waals surface area contributed by atoms with Crippen molar-refractivity contribution in [1.29, 1.82) is 0 Å². The maximum atomic E-state index is 11.0. The second-order valence-corrected chi connectivity index (χ2v) is 7.87. The van der Waals surface area contributed by atoms with Crippen molar-refractivity contribution >= 4 is 22.2 Å². The number of aromatic nitrogens is 2. The number of hydrogen-bond donors (Lipinski definition) is 1. The monoisotopic (exact) mass is 360 g/mol. The fourth-order valence-corrected chi connectivity index (χ4v) is 4.30. The van der Waals surface area contributed by atoms with Crippen molar-refractivity contribution in [3.05, 3.63) is 87.5 Å². The van der Waals surface area contributed by atoms with Crippen molar-refractivity contribution in [2.24, 2.45) is 0 Å². The van der Waals surface area contributed by atoms with Gasteiger partial charge in [0.25, 0.3) is 0 Å². The first kappa shape index (κ1) is 16.7. The molecule has 0 saturated carbocycles. The average Bonchev–Trinajstić information content (AvgIpc) is 3.08. The maximum Gasteiger partial charge on any atom is 0.145 e. The van der Waals surface area contributed by atoms with E-state index in [2.05, 4.69) is 29.0 Å². The Morgan fingerprint density at radius 2 is 1.85 bits per heavy atom. The van der Waals surface area contributed by atoms with Crippen molar-refractivity contribution in [2.75, 3.05) is 0 Å². The number of rotatable bonds is 4. The number of phenolic OH excluding ortho intramolecular Hbond substituents is 1. The van der Waals surface area contributed by atoms with Crippen molar-refractivity contribution in [3.8, 4) is 5.75 Å². The second kappa shape index (κ2) is 6.89. The Morgan fingerprint density at radius 3 is 2.58 bits per heavy atom. The molecule has 0 fully saturated rings. The molecule has 4 heteroatoms. The topological polar surface area (TPSA) is 46.0 Å². The molecule has 26 heavy (non-hydrogen) atoms. The van der Waals surface area contributed by atoms with Crippen molar-refractivity contribution in [2.45, 2.75) is 26.2 Å². The van der Waals surface area contributed by atoms with Gasteiger partial charge in [-0.2, -0.15) is 0 Å². The van der Waals surface area contributed by atoms with Crippen LogP contribution in [-0.2, 0) is 6.42 Å². The zero-order valence-corrected chi connectivity index (χ0v) is 15.6. The molecule has 4 aromatic rings. The van der Waals surface area contributed by atoms with Gasteiger partial charge in [-0.05, 0) is 44.2 Å². The maximum absolute atomic E-state index is 11.0. The van der Waals surface area contributed by atoms with Crippen molar-refractivity contribution in [1.82, 2.24) is 9.97 Å². The SMILES string of the molecule is Cc1ccc2ccc(C(Cc3ccccn3)c3ccc(C)s3)c(O)c2n1. The summed E-state index contributed by atoms with van der Waals surface area (Å²) >= 11 is 1.77. The Balaban J connectivity index is 1.85. The van der Waals surface area contributed by atoms with E-state index in [-0.39, 0.29) is 11.7 Å². The third-order valence-corrected chi connectivity index (χ3v) is 5.74. The van der Waals surface area contributed by atoms with Gasteiger partial charge in [0, 0.05) is 50.6 Å². The van der Waals surface area contributed by atoms with Gasteiger partial charge in [-0.25, -0.2) is 4.98 Å². The summed E-state index contributed by atoms with van der Waals surface area (Å²) in [5.41, 5.74) is 3.49. The molecular weight excluding hydrogens is 340 g/mol. The third-order valence-electron chi connectivity index (χ3n) is 4.63. The molecule has 0 bridgehead atoms. The smallest absolute Gasteiger partial charge is 0.145 e. The van der Waals surface area contributed by atoms with E-state index >= 15 is 0 Å². The van der Waals surface area contributed by atoms with Gasteiger partial charge < -0.3 is 5.11 Å². The number of benzene rings is 1. The molecule has 3 heterocycles. The first-order valence-corrected chi connectivity index (χ1v) is 9.49. The quantitative estimate of drug-likeness (QED) is 0.531. The summed E-state index contributed by atoms with van der Waals surface area (Å²) in [4.78, 5) is 11.5. The van der Waals surface area contributed by atoms with Gasteiger partial charge in [0.05, 0.1) is 0 Å². The summed E-state index contributed by atoms with van der Waals surface area (Å²) in [6.45, 7) is 4.05. The number of aryl methyl sites for hydroxylation is 2. The first-order valence-electron chi connectivity index (χ1n) is 8.67. The largest absolute Gasteiger partial charge is 0.505 e. The van der Waals surface area contributed by atoms with Gasteiger partial charge in [0.2, 0.25) is 0 Å². The van der Waals surface area contributed by atoms with Crippen LogP contribution in [0.4, 0.5) is 0 Å². The molecule has 4 rings (SSSR count). The van der Waals surface area contributed by atoms with Crippen molar-refractivity contribution < 1.29 is 5.11 Å². The lowest BCUT2D eigenvalue weighted by Gasteiger charge is -2.18. The van der Waals surface area contributed by atoms with Gasteiger partial charge in [0.15, 0.2) is 0 Å². The molecule has 0 aliphatic carbocycles. The molecule has 3 nitrogen and oxygen atoms in total. The van der Waals surface area contributed by atoms with Crippen molar-refractivity contribution in [3.63, 3.8) is 0 Å². The number of nitrogens with zero attached hydrogens (tertiary/aromatic N) is 2. The molecule has 0 aliphatic heterocycles. The van der Waals surface area contributed by atoms with Gasteiger partial charge in [-0.3, -0.25) is 4.98 Å². The van der Waals surface area contributed by atoms with Crippen LogP contribution in [0.2, 0.25) is 0 Å². The molecule has 3 aromatic heterocycles. The summed E-state index contributed by atoms with van der Waals surface area (Å²) in [6, 6.07) is 18.3. The highest BCUT2D eigenvalue weighted by Gasteiger charge is 2.22. The van der Waals surface area contributed by atoms with E-state index in [0.717, 1.165) is 28.8 Å². The zero-order chi connectivity index (χ0) is 18.1. The number of aromatic hydroxyl groups is 1. The van der Waals surface area contributed by atoms with E-state index in [0.29, 0.717) is 5.52 Å². The highest BCUT2D eigenvalue weighted by Crippen LogP contribution is 2.39. The van der Waals surface area contributed by atoms with Gasteiger partial charge in [0.1, 0.15) is 11.3 Å². The van der Waals surface area contributed by atoms with Crippen LogP contribution in [0.5, 0.6) is 5.75 Å². The minimum atomic E-state index is 0.0512. The number of pyridine rings is 2. The molecule has 1 atom stereocenters. The van der Waals surface area contributed by atoms with Crippen LogP contribution in [0.3, 0.4) is 0 Å². The Bertz CT molecular complexity index is 1060. The summed E-state index contributed by atoms with van der Waals surface area (Å²) in [5, 5.41) is 12.0. The van der Waals surface area contributed by atoms with Crippen LogP contribution in [0, 0.1) is 13.8 Å². The lowest BCUT2D eigenvalue weighted by Crippen LogP contribution is -2.05. The Kier molecular flexibility index (Phi) is 4.43. The van der Waals surface area contributed by atoms with Crippen LogP contribution < -0.4 is 0 Å². The Morgan fingerprint density at radius 1 is 1.00 bits per heavy atom. The lowest BCUT2D eigenvalue weighted by molar-refractivity contribution is 0.469. The molecular formula is C22H20N2OS. The van der Waals surface area contributed by atoms with Gasteiger partial charge >= 0.3 is 0 Å². The molecule has 0 spiro atoms. The fourth-order valence-electron chi connectivity index (χ4n) is 3.30. The zero-order valence-electron chi connectivity index (χ0n) is 14.8. The summed E-state index contributed by atoms with van der Waals surface area (Å²) < 4.78 is 0. The minimum Gasteiger partial charge on any atom is -0.505 e. The van der Waals surface area contributed by atoms with Crippen LogP contribution in [0.15, 0.2) is 60.8 Å². The second-order valence-electron chi connectivity index (χ2n) is 6.55. The van der Waals surface area contributed by atoms with E-state index in [1.807, 2.05) is 55.6 Å². The molecule has 1 unspecified atom stereocenters. The van der Waals surface area contributed by atoms with Crippen LogP contribution >= 0.6 is 11.3 Å². The number of phenols is 1. The highest BCUT2D eigenvalue weighted by molar-refractivity contribution is 7.12.